The number of non-ortho nitro benzene ring substituents is 1. The molecule has 1 aromatic carbocycles. The van der Waals surface area contributed by atoms with E-state index in [4.69, 9.17) is 4.74 Å². The lowest BCUT2D eigenvalue weighted by Crippen LogP contribution is -2.27. The van der Waals surface area contributed by atoms with Crippen molar-refractivity contribution in [2.24, 2.45) is 0 Å². The zero-order valence-electron chi connectivity index (χ0n) is 9.35. The first-order valence-electron chi connectivity index (χ1n) is 5.40. The molecule has 0 aliphatic carbocycles. The number of anilines is 1. The number of hydrogen-bond donors (Lipinski definition) is 1. The molecule has 1 N–H and O–H groups in total. The summed E-state index contributed by atoms with van der Waals surface area (Å²) in [6.45, 7) is 2.56. The first-order chi connectivity index (χ1) is 8.08. The van der Waals surface area contributed by atoms with Crippen LogP contribution in [0.5, 0.6) is 0 Å². The number of ether oxygens (including phenoxy) is 1. The van der Waals surface area contributed by atoms with Gasteiger partial charge in [0, 0.05) is 12.7 Å². The Bertz CT molecular complexity index is 439. The highest BCUT2D eigenvalue weighted by Crippen LogP contribution is 2.24. The fraction of sp³-hybridized carbons (Fsp3) is 0.455. The summed E-state index contributed by atoms with van der Waals surface area (Å²) < 4.78 is 18.9. The van der Waals surface area contributed by atoms with Crippen molar-refractivity contribution in [3.8, 4) is 0 Å². The van der Waals surface area contributed by atoms with Crippen molar-refractivity contribution in [1.82, 2.24) is 0 Å². The highest BCUT2D eigenvalue weighted by molar-refractivity contribution is 5.51. The molecule has 17 heavy (non-hydrogen) atoms. The largest absolute Gasteiger partial charge is 0.377 e. The lowest BCUT2D eigenvalue weighted by Gasteiger charge is -2.17. The van der Waals surface area contributed by atoms with Gasteiger partial charge in [0.2, 0.25) is 0 Å². The summed E-state index contributed by atoms with van der Waals surface area (Å²) in [6.07, 6.45) is 0.821. The van der Waals surface area contributed by atoms with E-state index in [2.05, 4.69) is 5.32 Å². The minimum atomic E-state index is -0.617. The summed E-state index contributed by atoms with van der Waals surface area (Å²) in [5.74, 6) is -0.613. The van der Waals surface area contributed by atoms with Crippen LogP contribution in [0.3, 0.4) is 0 Å². The molecule has 0 spiro atoms. The molecule has 1 fully saturated rings. The average molecular weight is 240 g/mol. The van der Waals surface area contributed by atoms with Gasteiger partial charge >= 0.3 is 0 Å². The van der Waals surface area contributed by atoms with Crippen LogP contribution in [0.1, 0.15) is 13.3 Å². The third-order valence-corrected chi connectivity index (χ3v) is 2.88. The average Bonchev–Trinajstić information content (AvgIpc) is 2.67. The first kappa shape index (κ1) is 11.8. The topological polar surface area (TPSA) is 64.4 Å². The molecule has 0 saturated carbocycles. The number of rotatable bonds is 3. The van der Waals surface area contributed by atoms with E-state index in [0.29, 0.717) is 6.61 Å². The van der Waals surface area contributed by atoms with Crippen molar-refractivity contribution in [3.05, 3.63) is 34.1 Å². The summed E-state index contributed by atoms with van der Waals surface area (Å²) in [7, 11) is 0. The Balaban J connectivity index is 2.14. The van der Waals surface area contributed by atoms with Crippen LogP contribution in [0.2, 0.25) is 0 Å². The molecule has 1 heterocycles. The van der Waals surface area contributed by atoms with Crippen LogP contribution in [0.15, 0.2) is 18.2 Å². The van der Waals surface area contributed by atoms with Crippen molar-refractivity contribution in [2.45, 2.75) is 25.5 Å². The molecular weight excluding hydrogens is 227 g/mol. The maximum atomic E-state index is 13.6. The quantitative estimate of drug-likeness (QED) is 0.650. The molecule has 6 heteroatoms. The SMILES string of the molecule is CC1OCCC1Nc1ccc([N+](=O)[O-])cc1F. The summed E-state index contributed by atoms with van der Waals surface area (Å²) >= 11 is 0. The lowest BCUT2D eigenvalue weighted by atomic mass is 10.1. The van der Waals surface area contributed by atoms with Crippen molar-refractivity contribution < 1.29 is 14.1 Å². The number of nitrogens with one attached hydrogen (secondary N) is 1. The Morgan fingerprint density at radius 1 is 1.59 bits per heavy atom. The van der Waals surface area contributed by atoms with E-state index < -0.39 is 10.7 Å². The Morgan fingerprint density at radius 3 is 2.88 bits per heavy atom. The van der Waals surface area contributed by atoms with Gasteiger partial charge in [0.15, 0.2) is 5.82 Å². The standard InChI is InChI=1S/C11H13FN2O3/c1-7-10(4-5-17-7)13-11-3-2-8(14(15)16)6-9(11)12/h2-3,6-7,10,13H,4-5H2,1H3. The van der Waals surface area contributed by atoms with Crippen LogP contribution in [0.4, 0.5) is 15.8 Å². The van der Waals surface area contributed by atoms with Crippen LogP contribution >= 0.6 is 0 Å². The predicted octanol–water partition coefficient (Wildman–Crippen LogP) is 2.32. The molecule has 0 aromatic heterocycles. The normalized spacial score (nSPS) is 23.6. The molecule has 2 unspecified atom stereocenters. The van der Waals surface area contributed by atoms with E-state index in [1.807, 2.05) is 6.92 Å². The number of benzene rings is 1. The predicted molar refractivity (Wildman–Crippen MR) is 60.5 cm³/mol. The molecule has 1 aromatic rings. The zero-order valence-corrected chi connectivity index (χ0v) is 9.35. The monoisotopic (exact) mass is 240 g/mol. The van der Waals surface area contributed by atoms with Crippen LogP contribution in [0, 0.1) is 15.9 Å². The van der Waals surface area contributed by atoms with E-state index >= 15 is 0 Å². The molecular formula is C11H13FN2O3. The van der Waals surface area contributed by atoms with Gasteiger partial charge in [-0.1, -0.05) is 0 Å². The molecule has 0 bridgehead atoms. The maximum Gasteiger partial charge on any atom is 0.272 e. The van der Waals surface area contributed by atoms with Crippen LogP contribution in [-0.4, -0.2) is 23.7 Å². The van der Waals surface area contributed by atoms with Crippen molar-refractivity contribution in [2.75, 3.05) is 11.9 Å². The van der Waals surface area contributed by atoms with Gasteiger partial charge in [-0.3, -0.25) is 10.1 Å². The fourth-order valence-corrected chi connectivity index (χ4v) is 1.86. The molecule has 1 saturated heterocycles. The van der Waals surface area contributed by atoms with Gasteiger partial charge in [-0.25, -0.2) is 4.39 Å². The van der Waals surface area contributed by atoms with Crippen molar-refractivity contribution in [1.29, 1.82) is 0 Å². The minimum Gasteiger partial charge on any atom is -0.377 e. The van der Waals surface area contributed by atoms with Gasteiger partial charge < -0.3 is 10.1 Å². The minimum absolute atomic E-state index is 0.0181. The van der Waals surface area contributed by atoms with E-state index in [-0.39, 0.29) is 23.5 Å². The maximum absolute atomic E-state index is 13.6. The number of nitro groups is 1. The van der Waals surface area contributed by atoms with Crippen LogP contribution in [0.25, 0.3) is 0 Å². The van der Waals surface area contributed by atoms with Crippen molar-refractivity contribution >= 4 is 11.4 Å². The molecule has 1 aliphatic heterocycles. The second-order valence-electron chi connectivity index (χ2n) is 4.04. The van der Waals surface area contributed by atoms with Gasteiger partial charge in [0.1, 0.15) is 0 Å². The number of halogens is 1. The third kappa shape index (κ3) is 2.52. The van der Waals surface area contributed by atoms with Gasteiger partial charge in [-0.05, 0) is 19.4 Å². The lowest BCUT2D eigenvalue weighted by molar-refractivity contribution is -0.385. The smallest absolute Gasteiger partial charge is 0.272 e. The number of hydrogen-bond acceptors (Lipinski definition) is 4. The second kappa shape index (κ2) is 4.67. The van der Waals surface area contributed by atoms with E-state index in [1.54, 1.807) is 0 Å². The molecule has 5 nitrogen and oxygen atoms in total. The van der Waals surface area contributed by atoms with Crippen LogP contribution in [-0.2, 0) is 4.74 Å². The summed E-state index contributed by atoms with van der Waals surface area (Å²) in [5.41, 5.74) is 0.0294. The highest BCUT2D eigenvalue weighted by Gasteiger charge is 2.25. The zero-order chi connectivity index (χ0) is 12.4. The molecule has 92 valence electrons. The third-order valence-electron chi connectivity index (χ3n) is 2.88. The molecule has 0 radical (unpaired) electrons. The second-order valence-corrected chi connectivity index (χ2v) is 4.04. The Labute approximate surface area is 97.7 Å². The number of nitro benzene ring substituents is 1. The van der Waals surface area contributed by atoms with Crippen LogP contribution < -0.4 is 5.32 Å². The number of nitrogens with zero attached hydrogens (tertiary/aromatic N) is 1. The van der Waals surface area contributed by atoms with E-state index in [9.17, 15) is 14.5 Å². The van der Waals surface area contributed by atoms with Gasteiger partial charge in [0.05, 0.1) is 28.8 Å². The summed E-state index contributed by atoms with van der Waals surface area (Å²) in [4.78, 5) is 9.84. The summed E-state index contributed by atoms with van der Waals surface area (Å²) in [5, 5.41) is 13.5. The van der Waals surface area contributed by atoms with Gasteiger partial charge in [-0.15, -0.1) is 0 Å². The molecule has 1 aliphatic rings. The van der Waals surface area contributed by atoms with Crippen molar-refractivity contribution in [3.63, 3.8) is 0 Å². The van der Waals surface area contributed by atoms with E-state index in [1.165, 1.54) is 12.1 Å². The van der Waals surface area contributed by atoms with E-state index in [0.717, 1.165) is 12.5 Å². The molecule has 0 amide bonds. The Hall–Kier alpha value is -1.69. The fourth-order valence-electron chi connectivity index (χ4n) is 1.86. The highest BCUT2D eigenvalue weighted by atomic mass is 19.1. The molecule has 2 atom stereocenters. The Kier molecular flexibility index (Phi) is 3.23. The first-order valence-corrected chi connectivity index (χ1v) is 5.40. The Morgan fingerprint density at radius 2 is 2.35 bits per heavy atom. The van der Waals surface area contributed by atoms with Gasteiger partial charge in [-0.2, -0.15) is 0 Å². The summed E-state index contributed by atoms with van der Waals surface area (Å²) in [6, 6.07) is 3.64. The van der Waals surface area contributed by atoms with Gasteiger partial charge in [0.25, 0.3) is 5.69 Å². The molecule has 2 rings (SSSR count).